The molecule has 6 nitrogen and oxygen atoms in total. The van der Waals surface area contributed by atoms with Crippen LogP contribution in [0.4, 0.5) is 5.95 Å². The summed E-state index contributed by atoms with van der Waals surface area (Å²) in [7, 11) is 1.98. The first kappa shape index (κ1) is 13.3. The number of ether oxygens (including phenoxy) is 1. The van der Waals surface area contributed by atoms with E-state index in [0.717, 1.165) is 25.2 Å². The second-order valence-corrected chi connectivity index (χ2v) is 4.20. The molecule has 2 aromatic heterocycles. The molecule has 19 heavy (non-hydrogen) atoms. The van der Waals surface area contributed by atoms with Crippen molar-refractivity contribution in [3.05, 3.63) is 30.5 Å². The lowest BCUT2D eigenvalue weighted by Gasteiger charge is -2.07. The van der Waals surface area contributed by atoms with Crippen LogP contribution in [0, 0.1) is 0 Å². The van der Waals surface area contributed by atoms with Crippen molar-refractivity contribution in [2.75, 3.05) is 18.5 Å². The number of anilines is 1. The zero-order valence-corrected chi connectivity index (χ0v) is 11.3. The first-order valence-electron chi connectivity index (χ1n) is 6.45. The van der Waals surface area contributed by atoms with Crippen molar-refractivity contribution in [2.45, 2.75) is 19.8 Å². The van der Waals surface area contributed by atoms with Crippen LogP contribution in [0.1, 0.15) is 19.2 Å². The Labute approximate surface area is 112 Å². The normalized spacial score (nSPS) is 10.4. The maximum absolute atomic E-state index is 5.46. The van der Waals surface area contributed by atoms with Crippen LogP contribution in [0.2, 0.25) is 0 Å². The molecule has 0 bridgehead atoms. The van der Waals surface area contributed by atoms with E-state index in [9.17, 15) is 0 Å². The van der Waals surface area contributed by atoms with Gasteiger partial charge in [-0.25, -0.2) is 9.97 Å². The zero-order valence-electron chi connectivity index (χ0n) is 11.3. The van der Waals surface area contributed by atoms with Crippen LogP contribution >= 0.6 is 0 Å². The molecule has 0 aromatic carbocycles. The van der Waals surface area contributed by atoms with E-state index < -0.39 is 0 Å². The molecule has 1 N–H and O–H groups in total. The molecule has 0 aliphatic carbocycles. The highest BCUT2D eigenvalue weighted by molar-refractivity contribution is 5.27. The van der Waals surface area contributed by atoms with E-state index in [0.29, 0.717) is 18.4 Å². The van der Waals surface area contributed by atoms with E-state index >= 15 is 0 Å². The molecule has 0 aliphatic heterocycles. The number of rotatable bonds is 7. The Morgan fingerprint density at radius 3 is 2.95 bits per heavy atom. The lowest BCUT2D eigenvalue weighted by molar-refractivity contribution is 0.305. The molecule has 102 valence electrons. The molecule has 2 aromatic rings. The van der Waals surface area contributed by atoms with Gasteiger partial charge >= 0.3 is 0 Å². The summed E-state index contributed by atoms with van der Waals surface area (Å²) in [5.74, 6) is 2.23. The number of imidazole rings is 1. The molecule has 0 fully saturated rings. The van der Waals surface area contributed by atoms with Gasteiger partial charge < -0.3 is 14.6 Å². The fourth-order valence-electron chi connectivity index (χ4n) is 1.64. The first-order chi connectivity index (χ1) is 9.29. The predicted molar refractivity (Wildman–Crippen MR) is 73.2 cm³/mol. The van der Waals surface area contributed by atoms with Crippen molar-refractivity contribution in [1.82, 2.24) is 19.5 Å². The molecule has 2 rings (SSSR count). The summed E-state index contributed by atoms with van der Waals surface area (Å²) in [6.45, 7) is 3.47. The van der Waals surface area contributed by atoms with E-state index in [2.05, 4.69) is 27.2 Å². The number of aryl methyl sites for hydroxylation is 1. The van der Waals surface area contributed by atoms with Gasteiger partial charge in [-0.1, -0.05) is 6.92 Å². The molecule has 0 radical (unpaired) electrons. The third-order valence-corrected chi connectivity index (χ3v) is 2.64. The maximum Gasteiger partial charge on any atom is 0.225 e. The molecule has 2 heterocycles. The van der Waals surface area contributed by atoms with Crippen molar-refractivity contribution >= 4 is 5.95 Å². The average molecular weight is 261 g/mol. The Kier molecular flexibility index (Phi) is 4.72. The SMILES string of the molecule is CCCOc1ccnc(NCCc2nccn2C)n1. The highest BCUT2D eigenvalue weighted by atomic mass is 16.5. The minimum absolute atomic E-state index is 0.586. The standard InChI is InChI=1S/C13H19N5O/c1-3-10-19-12-5-7-16-13(17-12)15-6-4-11-14-8-9-18(11)2/h5,7-9H,3-4,6,10H2,1-2H3,(H,15,16,17). The maximum atomic E-state index is 5.46. The molecular weight excluding hydrogens is 242 g/mol. The van der Waals surface area contributed by atoms with Crippen molar-refractivity contribution in [1.29, 1.82) is 0 Å². The van der Waals surface area contributed by atoms with Crippen LogP contribution in [-0.2, 0) is 13.5 Å². The van der Waals surface area contributed by atoms with Crippen LogP contribution in [0.5, 0.6) is 5.88 Å². The van der Waals surface area contributed by atoms with E-state index in [-0.39, 0.29) is 0 Å². The number of nitrogens with zero attached hydrogens (tertiary/aromatic N) is 4. The van der Waals surface area contributed by atoms with Gasteiger partial charge in [0.1, 0.15) is 5.82 Å². The topological polar surface area (TPSA) is 64.9 Å². The van der Waals surface area contributed by atoms with Gasteiger partial charge in [0, 0.05) is 44.7 Å². The Balaban J connectivity index is 1.84. The van der Waals surface area contributed by atoms with Crippen LogP contribution < -0.4 is 10.1 Å². The minimum Gasteiger partial charge on any atom is -0.478 e. The Morgan fingerprint density at radius 1 is 1.32 bits per heavy atom. The van der Waals surface area contributed by atoms with E-state index in [1.807, 2.05) is 17.8 Å². The van der Waals surface area contributed by atoms with Gasteiger partial charge in [-0.3, -0.25) is 0 Å². The smallest absolute Gasteiger partial charge is 0.225 e. The van der Waals surface area contributed by atoms with Crippen molar-refractivity contribution in [2.24, 2.45) is 7.05 Å². The van der Waals surface area contributed by atoms with Crippen LogP contribution in [0.15, 0.2) is 24.7 Å². The van der Waals surface area contributed by atoms with Gasteiger partial charge in [0.25, 0.3) is 0 Å². The number of hydrogen-bond acceptors (Lipinski definition) is 5. The van der Waals surface area contributed by atoms with E-state index in [1.165, 1.54) is 0 Å². The van der Waals surface area contributed by atoms with Gasteiger partial charge in [0.2, 0.25) is 11.8 Å². The highest BCUT2D eigenvalue weighted by Gasteiger charge is 2.01. The van der Waals surface area contributed by atoms with Gasteiger partial charge in [0.05, 0.1) is 6.61 Å². The summed E-state index contributed by atoms with van der Waals surface area (Å²) in [6.07, 6.45) is 7.22. The Bertz CT molecular complexity index is 511. The molecule has 0 atom stereocenters. The third kappa shape index (κ3) is 3.94. The fourth-order valence-corrected chi connectivity index (χ4v) is 1.64. The molecule has 0 spiro atoms. The highest BCUT2D eigenvalue weighted by Crippen LogP contribution is 2.08. The lowest BCUT2D eigenvalue weighted by atomic mass is 10.4. The van der Waals surface area contributed by atoms with Crippen LogP contribution in [0.25, 0.3) is 0 Å². The molecule has 0 saturated carbocycles. The average Bonchev–Trinajstić information content (AvgIpc) is 2.83. The molecule has 0 saturated heterocycles. The largest absolute Gasteiger partial charge is 0.478 e. The quantitative estimate of drug-likeness (QED) is 0.821. The molecule has 6 heteroatoms. The van der Waals surface area contributed by atoms with Crippen molar-refractivity contribution in [3.8, 4) is 5.88 Å². The zero-order chi connectivity index (χ0) is 13.5. The van der Waals surface area contributed by atoms with Gasteiger partial charge in [-0.2, -0.15) is 4.98 Å². The molecule has 0 unspecified atom stereocenters. The van der Waals surface area contributed by atoms with Gasteiger partial charge in [0.15, 0.2) is 0 Å². The summed E-state index contributed by atoms with van der Waals surface area (Å²) in [6, 6.07) is 1.76. The Hall–Kier alpha value is -2.11. The molecule has 0 amide bonds. The number of hydrogen-bond donors (Lipinski definition) is 1. The summed E-state index contributed by atoms with van der Waals surface area (Å²) in [4.78, 5) is 12.7. The summed E-state index contributed by atoms with van der Waals surface area (Å²) >= 11 is 0. The third-order valence-electron chi connectivity index (χ3n) is 2.64. The summed E-state index contributed by atoms with van der Waals surface area (Å²) in [5.41, 5.74) is 0. The van der Waals surface area contributed by atoms with E-state index in [4.69, 9.17) is 4.74 Å². The van der Waals surface area contributed by atoms with E-state index in [1.54, 1.807) is 18.5 Å². The lowest BCUT2D eigenvalue weighted by Crippen LogP contribution is -2.11. The second-order valence-electron chi connectivity index (χ2n) is 4.20. The van der Waals surface area contributed by atoms with Crippen molar-refractivity contribution in [3.63, 3.8) is 0 Å². The summed E-state index contributed by atoms with van der Waals surface area (Å²) in [5, 5.41) is 3.17. The summed E-state index contributed by atoms with van der Waals surface area (Å²) < 4.78 is 7.46. The Morgan fingerprint density at radius 2 is 2.21 bits per heavy atom. The van der Waals surface area contributed by atoms with Crippen molar-refractivity contribution < 1.29 is 4.74 Å². The molecular formula is C13H19N5O. The second kappa shape index (κ2) is 6.72. The van der Waals surface area contributed by atoms with Gasteiger partial charge in [-0.15, -0.1) is 0 Å². The fraction of sp³-hybridized carbons (Fsp3) is 0.462. The van der Waals surface area contributed by atoms with Crippen LogP contribution in [-0.4, -0.2) is 32.7 Å². The number of nitrogens with one attached hydrogen (secondary N) is 1. The monoisotopic (exact) mass is 261 g/mol. The van der Waals surface area contributed by atoms with Crippen LogP contribution in [0.3, 0.4) is 0 Å². The first-order valence-corrected chi connectivity index (χ1v) is 6.45. The number of aromatic nitrogens is 4. The van der Waals surface area contributed by atoms with Gasteiger partial charge in [-0.05, 0) is 6.42 Å². The molecule has 0 aliphatic rings. The minimum atomic E-state index is 0.586. The predicted octanol–water partition coefficient (Wildman–Crippen LogP) is 1.65.